The standard InChI is InChI=1S/C15H13ClN2O/c16-15-9-14(6-3-12(15)10-17)18-13-4-1-11(2-5-13)7-8-19/h1-6,9,18-19H,7-8H2. The molecule has 2 rings (SSSR count). The molecule has 0 spiro atoms. The monoisotopic (exact) mass is 272 g/mol. The Hall–Kier alpha value is -2.02. The fourth-order valence-corrected chi connectivity index (χ4v) is 1.96. The average Bonchev–Trinajstić information content (AvgIpc) is 2.42. The van der Waals surface area contributed by atoms with E-state index >= 15 is 0 Å². The molecule has 0 fully saturated rings. The van der Waals surface area contributed by atoms with Crippen LogP contribution < -0.4 is 5.32 Å². The second-order valence-corrected chi connectivity index (χ2v) is 4.51. The van der Waals surface area contributed by atoms with Crippen LogP contribution in [0.25, 0.3) is 0 Å². The lowest BCUT2D eigenvalue weighted by molar-refractivity contribution is 0.299. The van der Waals surface area contributed by atoms with Gasteiger partial charge in [0.05, 0.1) is 10.6 Å². The van der Waals surface area contributed by atoms with Crippen LogP contribution in [0, 0.1) is 11.3 Å². The van der Waals surface area contributed by atoms with Gasteiger partial charge in [-0.2, -0.15) is 5.26 Å². The van der Waals surface area contributed by atoms with Crippen molar-refractivity contribution in [3.63, 3.8) is 0 Å². The molecule has 0 saturated carbocycles. The number of nitriles is 1. The Kier molecular flexibility index (Phi) is 4.40. The molecule has 19 heavy (non-hydrogen) atoms. The summed E-state index contributed by atoms with van der Waals surface area (Å²) in [5, 5.41) is 21.3. The highest BCUT2D eigenvalue weighted by molar-refractivity contribution is 6.32. The molecular formula is C15H13ClN2O. The molecule has 2 aromatic rings. The minimum absolute atomic E-state index is 0.151. The molecule has 2 N–H and O–H groups in total. The van der Waals surface area contributed by atoms with Crippen LogP contribution in [0.5, 0.6) is 0 Å². The smallest absolute Gasteiger partial charge is 0.101 e. The van der Waals surface area contributed by atoms with Crippen molar-refractivity contribution in [2.24, 2.45) is 0 Å². The van der Waals surface area contributed by atoms with Gasteiger partial charge in [-0.1, -0.05) is 23.7 Å². The first-order chi connectivity index (χ1) is 9.22. The van der Waals surface area contributed by atoms with Gasteiger partial charge in [-0.25, -0.2) is 0 Å². The third-order valence-corrected chi connectivity index (χ3v) is 3.05. The zero-order valence-electron chi connectivity index (χ0n) is 10.2. The topological polar surface area (TPSA) is 56.0 Å². The first-order valence-electron chi connectivity index (χ1n) is 5.89. The number of hydrogen-bond donors (Lipinski definition) is 2. The van der Waals surface area contributed by atoms with E-state index in [9.17, 15) is 0 Å². The number of nitrogens with zero attached hydrogens (tertiary/aromatic N) is 1. The van der Waals surface area contributed by atoms with E-state index in [0.29, 0.717) is 17.0 Å². The molecule has 0 heterocycles. The first-order valence-corrected chi connectivity index (χ1v) is 6.27. The van der Waals surface area contributed by atoms with E-state index in [1.807, 2.05) is 36.4 Å². The summed E-state index contributed by atoms with van der Waals surface area (Å²) < 4.78 is 0. The van der Waals surface area contributed by atoms with Gasteiger partial charge in [-0.05, 0) is 42.3 Å². The van der Waals surface area contributed by atoms with E-state index in [-0.39, 0.29) is 6.61 Å². The number of aliphatic hydroxyl groups excluding tert-OH is 1. The number of halogens is 1. The van der Waals surface area contributed by atoms with E-state index < -0.39 is 0 Å². The van der Waals surface area contributed by atoms with Crippen LogP contribution in [-0.2, 0) is 6.42 Å². The van der Waals surface area contributed by atoms with Crippen molar-refractivity contribution < 1.29 is 5.11 Å². The minimum Gasteiger partial charge on any atom is -0.396 e. The largest absolute Gasteiger partial charge is 0.396 e. The van der Waals surface area contributed by atoms with Gasteiger partial charge in [-0.15, -0.1) is 0 Å². The summed E-state index contributed by atoms with van der Waals surface area (Å²) in [6.07, 6.45) is 0.656. The Labute approximate surface area is 117 Å². The Morgan fingerprint density at radius 2 is 1.79 bits per heavy atom. The molecule has 0 aliphatic heterocycles. The number of nitrogens with one attached hydrogen (secondary N) is 1. The van der Waals surface area contributed by atoms with Crippen molar-refractivity contribution in [2.75, 3.05) is 11.9 Å². The maximum absolute atomic E-state index is 8.85. The summed E-state index contributed by atoms with van der Waals surface area (Å²) >= 11 is 5.97. The van der Waals surface area contributed by atoms with E-state index in [1.54, 1.807) is 12.1 Å². The molecule has 0 bridgehead atoms. The van der Waals surface area contributed by atoms with Gasteiger partial charge in [0.15, 0.2) is 0 Å². The van der Waals surface area contributed by atoms with Gasteiger partial charge in [0, 0.05) is 18.0 Å². The van der Waals surface area contributed by atoms with Crippen LogP contribution in [0.3, 0.4) is 0 Å². The minimum atomic E-state index is 0.151. The lowest BCUT2D eigenvalue weighted by Gasteiger charge is -2.08. The molecule has 96 valence electrons. The van der Waals surface area contributed by atoms with Gasteiger partial charge in [0.2, 0.25) is 0 Å². The third kappa shape index (κ3) is 3.47. The Balaban J connectivity index is 2.13. The quantitative estimate of drug-likeness (QED) is 0.896. The van der Waals surface area contributed by atoms with E-state index in [2.05, 4.69) is 5.32 Å². The number of anilines is 2. The normalized spacial score (nSPS) is 9.95. The molecule has 0 aliphatic carbocycles. The summed E-state index contributed by atoms with van der Waals surface area (Å²) in [5.41, 5.74) is 3.32. The van der Waals surface area contributed by atoms with Crippen molar-refractivity contribution in [2.45, 2.75) is 6.42 Å². The van der Waals surface area contributed by atoms with Gasteiger partial charge >= 0.3 is 0 Å². The summed E-state index contributed by atoms with van der Waals surface area (Å²) in [7, 11) is 0. The third-order valence-electron chi connectivity index (χ3n) is 2.73. The van der Waals surface area contributed by atoms with E-state index in [1.165, 1.54) is 0 Å². The Morgan fingerprint density at radius 3 is 2.37 bits per heavy atom. The van der Waals surface area contributed by atoms with Crippen LogP contribution in [0.4, 0.5) is 11.4 Å². The molecule has 0 atom stereocenters. The molecule has 2 aromatic carbocycles. The van der Waals surface area contributed by atoms with Crippen LogP contribution in [0.2, 0.25) is 5.02 Å². The summed E-state index contributed by atoms with van der Waals surface area (Å²) in [6.45, 7) is 0.151. The first kappa shape index (κ1) is 13.4. The number of hydrogen-bond acceptors (Lipinski definition) is 3. The van der Waals surface area contributed by atoms with Crippen LogP contribution >= 0.6 is 11.6 Å². The summed E-state index contributed by atoms with van der Waals surface area (Å²) in [6, 6.07) is 15.1. The molecule has 0 aromatic heterocycles. The fraction of sp³-hybridized carbons (Fsp3) is 0.133. The number of benzene rings is 2. The van der Waals surface area contributed by atoms with Crippen molar-refractivity contribution in [3.8, 4) is 6.07 Å². The predicted octanol–water partition coefficient (Wildman–Crippen LogP) is 3.49. The molecule has 0 aliphatic rings. The van der Waals surface area contributed by atoms with Gasteiger partial charge in [-0.3, -0.25) is 0 Å². The maximum Gasteiger partial charge on any atom is 0.101 e. The lowest BCUT2D eigenvalue weighted by atomic mass is 10.1. The summed E-state index contributed by atoms with van der Waals surface area (Å²) in [5.74, 6) is 0. The van der Waals surface area contributed by atoms with Crippen LogP contribution in [0.1, 0.15) is 11.1 Å². The summed E-state index contributed by atoms with van der Waals surface area (Å²) in [4.78, 5) is 0. The predicted molar refractivity (Wildman–Crippen MR) is 76.7 cm³/mol. The Bertz CT molecular complexity index is 603. The second-order valence-electron chi connectivity index (χ2n) is 4.10. The van der Waals surface area contributed by atoms with Crippen molar-refractivity contribution >= 4 is 23.0 Å². The molecule has 0 saturated heterocycles. The second kappa shape index (κ2) is 6.24. The maximum atomic E-state index is 8.85. The molecule has 4 heteroatoms. The molecule has 0 amide bonds. The average molecular weight is 273 g/mol. The Morgan fingerprint density at radius 1 is 1.11 bits per heavy atom. The SMILES string of the molecule is N#Cc1ccc(Nc2ccc(CCO)cc2)cc1Cl. The lowest BCUT2D eigenvalue weighted by Crippen LogP contribution is -1.93. The van der Waals surface area contributed by atoms with Gasteiger partial charge < -0.3 is 10.4 Å². The zero-order valence-corrected chi connectivity index (χ0v) is 11.0. The molecule has 0 radical (unpaired) electrons. The van der Waals surface area contributed by atoms with Crippen LogP contribution in [0.15, 0.2) is 42.5 Å². The van der Waals surface area contributed by atoms with Crippen molar-refractivity contribution in [3.05, 3.63) is 58.6 Å². The van der Waals surface area contributed by atoms with Crippen molar-refractivity contribution in [1.29, 1.82) is 5.26 Å². The highest BCUT2D eigenvalue weighted by Gasteiger charge is 2.01. The van der Waals surface area contributed by atoms with Crippen LogP contribution in [-0.4, -0.2) is 11.7 Å². The fourth-order valence-electron chi connectivity index (χ4n) is 1.73. The molecular weight excluding hydrogens is 260 g/mol. The zero-order chi connectivity index (χ0) is 13.7. The van der Waals surface area contributed by atoms with Crippen molar-refractivity contribution in [1.82, 2.24) is 0 Å². The highest BCUT2D eigenvalue weighted by Crippen LogP contribution is 2.23. The number of aliphatic hydroxyl groups is 1. The highest BCUT2D eigenvalue weighted by atomic mass is 35.5. The van der Waals surface area contributed by atoms with E-state index in [4.69, 9.17) is 22.0 Å². The molecule has 3 nitrogen and oxygen atoms in total. The van der Waals surface area contributed by atoms with E-state index in [0.717, 1.165) is 16.9 Å². The van der Waals surface area contributed by atoms with Gasteiger partial charge in [0.1, 0.15) is 6.07 Å². The molecule has 0 unspecified atom stereocenters. The number of rotatable bonds is 4. The van der Waals surface area contributed by atoms with Gasteiger partial charge in [0.25, 0.3) is 0 Å².